The Balaban J connectivity index is 1.86. The third-order valence-corrected chi connectivity index (χ3v) is 7.18. The molecule has 2 heterocycles. The molecule has 0 amide bonds. The summed E-state index contributed by atoms with van der Waals surface area (Å²) >= 11 is 13.1. The number of benzene rings is 1. The summed E-state index contributed by atoms with van der Waals surface area (Å²) in [5, 5.41) is 8.80. The highest BCUT2D eigenvalue weighted by Crippen LogP contribution is 2.52. The summed E-state index contributed by atoms with van der Waals surface area (Å²) in [5.74, 6) is 1.51. The summed E-state index contributed by atoms with van der Waals surface area (Å²) in [6, 6.07) is 4.06. The van der Waals surface area contributed by atoms with Crippen molar-refractivity contribution in [1.29, 1.82) is 0 Å². The van der Waals surface area contributed by atoms with Crippen molar-refractivity contribution in [3.8, 4) is 0 Å². The van der Waals surface area contributed by atoms with Crippen LogP contribution in [0.5, 0.6) is 0 Å². The van der Waals surface area contributed by atoms with Crippen LogP contribution in [-0.2, 0) is 6.42 Å². The lowest BCUT2D eigenvalue weighted by atomic mass is 9.62. The Morgan fingerprint density at radius 1 is 1.16 bits per heavy atom. The van der Waals surface area contributed by atoms with E-state index in [1.54, 1.807) is 0 Å². The van der Waals surface area contributed by atoms with Crippen molar-refractivity contribution in [2.75, 3.05) is 13.1 Å². The van der Waals surface area contributed by atoms with Gasteiger partial charge in [-0.1, -0.05) is 23.2 Å². The molecular weight excluding hydrogens is 350 g/mol. The van der Waals surface area contributed by atoms with E-state index in [1.807, 2.05) is 12.3 Å². The zero-order valence-electron chi connectivity index (χ0n) is 14.7. The molecule has 1 saturated heterocycles. The Hall–Kier alpha value is -0.635. The molecule has 0 saturated carbocycles. The van der Waals surface area contributed by atoms with Gasteiger partial charge in [0, 0.05) is 21.5 Å². The Labute approximate surface area is 162 Å². The summed E-state index contributed by atoms with van der Waals surface area (Å²) in [4.78, 5) is 0. The molecule has 132 valence electrons. The van der Waals surface area contributed by atoms with Gasteiger partial charge in [-0.15, -0.1) is 5.47 Å². The van der Waals surface area contributed by atoms with Crippen molar-refractivity contribution in [2.24, 2.45) is 11.8 Å². The topological polar surface area (TPSA) is 24.1 Å². The van der Waals surface area contributed by atoms with E-state index in [9.17, 15) is 0 Å². The molecule has 2 N–H and O–H groups in total. The van der Waals surface area contributed by atoms with E-state index < -0.39 is 0 Å². The Bertz CT molecular complexity index is 699. The third kappa shape index (κ3) is 3.13. The minimum Gasteiger partial charge on any atom is -0.386 e. The van der Waals surface area contributed by atoms with Crippen LogP contribution in [0.1, 0.15) is 49.7 Å². The third-order valence-electron chi connectivity index (χ3n) is 6.65. The van der Waals surface area contributed by atoms with Crippen LogP contribution in [0.4, 0.5) is 0 Å². The van der Waals surface area contributed by atoms with Gasteiger partial charge in [-0.05, 0) is 93.4 Å². The standard InChI is InChI=1S/C20H25BCl2N2/c1-20-14(9-15(21)11-25-20)3-2-13-8-16(22)10-17(23)18(13)19(20)12-4-6-24-7-5-12/h8,10-12,14,19,24-25H,2-7,9H2,1H3. The Morgan fingerprint density at radius 3 is 2.68 bits per heavy atom. The number of aryl methyl sites for hydroxylation is 1. The largest absolute Gasteiger partial charge is 0.386 e. The Morgan fingerprint density at radius 2 is 1.92 bits per heavy atom. The minimum absolute atomic E-state index is 0.0202. The molecule has 2 nitrogen and oxygen atoms in total. The summed E-state index contributed by atoms with van der Waals surface area (Å²) in [7, 11) is 6.18. The monoisotopic (exact) mass is 374 g/mol. The summed E-state index contributed by atoms with van der Waals surface area (Å²) in [6.07, 6.45) is 7.50. The second kappa shape index (κ2) is 6.83. The summed E-state index contributed by atoms with van der Waals surface area (Å²) < 4.78 is 0. The number of rotatable bonds is 1. The van der Waals surface area contributed by atoms with Crippen molar-refractivity contribution in [2.45, 2.75) is 50.5 Å². The van der Waals surface area contributed by atoms with E-state index in [1.165, 1.54) is 24.0 Å². The highest BCUT2D eigenvalue weighted by Gasteiger charge is 2.49. The molecule has 1 aromatic rings. The number of halogens is 2. The predicted octanol–water partition coefficient (Wildman–Crippen LogP) is 4.40. The maximum Gasteiger partial charge on any atom is 0.109 e. The first kappa shape index (κ1) is 17.8. The zero-order chi connectivity index (χ0) is 17.6. The number of nitrogens with one attached hydrogen (secondary N) is 2. The van der Waals surface area contributed by atoms with Crippen LogP contribution in [0.15, 0.2) is 23.8 Å². The van der Waals surface area contributed by atoms with Crippen LogP contribution in [0.2, 0.25) is 10.0 Å². The predicted molar refractivity (Wildman–Crippen MR) is 107 cm³/mol. The molecule has 2 radical (unpaired) electrons. The average Bonchev–Trinajstić information content (AvgIpc) is 2.71. The molecule has 0 aromatic heterocycles. The number of fused-ring (bicyclic) bond motifs is 2. The average molecular weight is 375 g/mol. The number of hydrogen-bond donors (Lipinski definition) is 2. The molecule has 1 aromatic carbocycles. The molecule has 3 aliphatic rings. The molecule has 25 heavy (non-hydrogen) atoms. The summed E-state index contributed by atoms with van der Waals surface area (Å²) in [5.41, 5.74) is 3.59. The lowest BCUT2D eigenvalue weighted by Crippen LogP contribution is -2.55. The molecule has 3 unspecified atom stereocenters. The molecule has 0 spiro atoms. The van der Waals surface area contributed by atoms with Crippen LogP contribution in [0.25, 0.3) is 0 Å². The molecule has 0 bridgehead atoms. The quantitative estimate of drug-likeness (QED) is 0.711. The zero-order valence-corrected chi connectivity index (χ0v) is 16.3. The first-order valence-electron chi connectivity index (χ1n) is 9.40. The molecular formula is C20H25BCl2N2. The van der Waals surface area contributed by atoms with Crippen LogP contribution >= 0.6 is 23.2 Å². The van der Waals surface area contributed by atoms with E-state index in [0.29, 0.717) is 17.8 Å². The van der Waals surface area contributed by atoms with E-state index >= 15 is 0 Å². The maximum atomic E-state index is 6.79. The van der Waals surface area contributed by atoms with Gasteiger partial charge in [-0.3, -0.25) is 0 Å². The second-order valence-corrected chi connectivity index (χ2v) is 8.96. The van der Waals surface area contributed by atoms with E-state index in [2.05, 4.69) is 23.6 Å². The van der Waals surface area contributed by atoms with Crippen LogP contribution in [0.3, 0.4) is 0 Å². The number of hydrogen-bond acceptors (Lipinski definition) is 2. The lowest BCUT2D eigenvalue weighted by molar-refractivity contribution is 0.137. The molecule has 4 rings (SSSR count). The first-order chi connectivity index (χ1) is 12.0. The van der Waals surface area contributed by atoms with Gasteiger partial charge in [0.05, 0.1) is 0 Å². The SMILES string of the molecule is [B]C1=CNC2(C)C(CCc3cc(Cl)cc(Cl)c3C2C2CCNCC2)C1. The van der Waals surface area contributed by atoms with Crippen molar-refractivity contribution in [3.63, 3.8) is 0 Å². The van der Waals surface area contributed by atoms with Crippen LogP contribution in [-0.4, -0.2) is 26.5 Å². The second-order valence-electron chi connectivity index (χ2n) is 8.11. The number of allylic oxidation sites excluding steroid dienone is 1. The van der Waals surface area contributed by atoms with Gasteiger partial charge in [0.15, 0.2) is 0 Å². The molecule has 5 heteroatoms. The van der Waals surface area contributed by atoms with Gasteiger partial charge in [0.25, 0.3) is 0 Å². The molecule has 2 aliphatic heterocycles. The van der Waals surface area contributed by atoms with E-state index in [4.69, 9.17) is 31.0 Å². The fourth-order valence-corrected chi connectivity index (χ4v) is 6.05. The molecule has 1 aliphatic carbocycles. The van der Waals surface area contributed by atoms with E-state index in [-0.39, 0.29) is 5.54 Å². The maximum absolute atomic E-state index is 6.79. The normalized spacial score (nSPS) is 32.8. The fourth-order valence-electron chi connectivity index (χ4n) is 5.39. The highest BCUT2D eigenvalue weighted by atomic mass is 35.5. The van der Waals surface area contributed by atoms with Gasteiger partial charge in [0.1, 0.15) is 7.85 Å². The van der Waals surface area contributed by atoms with Crippen LogP contribution in [0, 0.1) is 11.8 Å². The molecule has 3 atom stereocenters. The van der Waals surface area contributed by atoms with Crippen molar-refractivity contribution < 1.29 is 0 Å². The lowest BCUT2D eigenvalue weighted by Gasteiger charge is -2.50. The van der Waals surface area contributed by atoms with Crippen molar-refractivity contribution in [1.82, 2.24) is 10.6 Å². The van der Waals surface area contributed by atoms with Gasteiger partial charge in [-0.2, -0.15) is 0 Å². The van der Waals surface area contributed by atoms with Crippen molar-refractivity contribution >= 4 is 31.0 Å². The van der Waals surface area contributed by atoms with Gasteiger partial charge >= 0.3 is 0 Å². The van der Waals surface area contributed by atoms with Crippen molar-refractivity contribution in [3.05, 3.63) is 45.0 Å². The van der Waals surface area contributed by atoms with Gasteiger partial charge < -0.3 is 10.6 Å². The Kier molecular flexibility index (Phi) is 4.85. The van der Waals surface area contributed by atoms with Gasteiger partial charge in [-0.25, -0.2) is 0 Å². The summed E-state index contributed by atoms with van der Waals surface area (Å²) in [6.45, 7) is 4.55. The fraction of sp³-hybridized carbons (Fsp3) is 0.600. The van der Waals surface area contributed by atoms with E-state index in [0.717, 1.165) is 47.9 Å². The smallest absolute Gasteiger partial charge is 0.109 e. The molecule has 1 fully saturated rings. The van der Waals surface area contributed by atoms with Gasteiger partial charge in [0.2, 0.25) is 0 Å². The highest BCUT2D eigenvalue weighted by molar-refractivity contribution is 6.35. The van der Waals surface area contributed by atoms with Crippen LogP contribution < -0.4 is 10.6 Å². The number of piperidine rings is 1. The first-order valence-corrected chi connectivity index (χ1v) is 10.2. The minimum atomic E-state index is -0.0202.